The zero-order valence-corrected chi connectivity index (χ0v) is 19.1. The quantitative estimate of drug-likeness (QED) is 0.511. The van der Waals surface area contributed by atoms with Gasteiger partial charge in [0.15, 0.2) is 0 Å². The van der Waals surface area contributed by atoms with Gasteiger partial charge in [0.25, 0.3) is 0 Å². The molecule has 2 aliphatic heterocycles. The lowest BCUT2D eigenvalue weighted by molar-refractivity contribution is -0.157. The maximum atomic E-state index is 13.5. The summed E-state index contributed by atoms with van der Waals surface area (Å²) in [5, 5.41) is 31.2. The van der Waals surface area contributed by atoms with Gasteiger partial charge in [-0.15, -0.1) is 0 Å². The highest BCUT2D eigenvalue weighted by Crippen LogP contribution is 2.66. The Hall–Kier alpha value is -4.04. The van der Waals surface area contributed by atoms with Crippen molar-refractivity contribution >= 4 is 5.97 Å². The molecule has 3 aromatic rings. The number of halogens is 3. The molecule has 186 valence electrons. The summed E-state index contributed by atoms with van der Waals surface area (Å²) in [6, 6.07) is 7.73. The van der Waals surface area contributed by atoms with Gasteiger partial charge in [0.2, 0.25) is 11.8 Å². The predicted octanol–water partition coefficient (Wildman–Crippen LogP) is 4.40. The number of aromatic nitrogens is 2. The molecule has 2 aliphatic rings. The average molecular weight is 499 g/mol. The molecule has 11 heteroatoms. The Morgan fingerprint density at radius 2 is 1.89 bits per heavy atom. The topological polar surface area (TPSA) is 118 Å². The van der Waals surface area contributed by atoms with E-state index in [0.29, 0.717) is 6.07 Å². The van der Waals surface area contributed by atoms with E-state index in [4.69, 9.17) is 14.7 Å². The van der Waals surface area contributed by atoms with Gasteiger partial charge in [-0.1, -0.05) is 0 Å². The number of hydrogen-bond donors (Lipinski definition) is 2. The number of aromatic hydroxyl groups is 2. The first-order valence-electron chi connectivity index (χ1n) is 11.0. The summed E-state index contributed by atoms with van der Waals surface area (Å²) < 4.78 is 53.1. The zero-order valence-electron chi connectivity index (χ0n) is 19.1. The molecular formula is C25H20F3N3O5. The van der Waals surface area contributed by atoms with Gasteiger partial charge in [-0.2, -0.15) is 18.4 Å². The van der Waals surface area contributed by atoms with E-state index in [2.05, 4.69) is 4.98 Å². The lowest BCUT2D eigenvalue weighted by Gasteiger charge is -2.28. The summed E-state index contributed by atoms with van der Waals surface area (Å²) >= 11 is 0. The maximum absolute atomic E-state index is 13.5. The highest BCUT2D eigenvalue weighted by atomic mass is 19.4. The van der Waals surface area contributed by atoms with Crippen molar-refractivity contribution in [2.75, 3.05) is 0 Å². The van der Waals surface area contributed by atoms with Crippen molar-refractivity contribution < 1.29 is 37.7 Å². The van der Waals surface area contributed by atoms with E-state index in [0.717, 1.165) is 16.2 Å². The Kier molecular flexibility index (Phi) is 5.09. The number of esters is 1. The van der Waals surface area contributed by atoms with Gasteiger partial charge in [-0.05, 0) is 56.2 Å². The molecule has 1 fully saturated rings. The summed E-state index contributed by atoms with van der Waals surface area (Å²) in [6.07, 6.45) is -1.57. The normalized spacial score (nSPS) is 24.4. The van der Waals surface area contributed by atoms with E-state index >= 15 is 0 Å². The number of alkyl halides is 3. The number of rotatable bonds is 4. The number of benzene rings is 1. The highest BCUT2D eigenvalue weighted by molar-refractivity contribution is 5.78. The molecule has 1 aromatic carbocycles. The van der Waals surface area contributed by atoms with Crippen molar-refractivity contribution in [1.82, 2.24) is 9.55 Å². The van der Waals surface area contributed by atoms with Crippen LogP contribution in [0.25, 0.3) is 5.69 Å². The van der Waals surface area contributed by atoms with Gasteiger partial charge >= 0.3 is 12.1 Å². The first-order chi connectivity index (χ1) is 16.9. The Bertz CT molecular complexity index is 1430. The number of fused-ring (bicyclic) bond motifs is 5. The first kappa shape index (κ1) is 23.7. The molecule has 0 aliphatic carbocycles. The number of nitriles is 1. The molecule has 4 heterocycles. The third kappa shape index (κ3) is 3.32. The van der Waals surface area contributed by atoms with Crippen LogP contribution in [-0.4, -0.2) is 25.7 Å². The third-order valence-corrected chi connectivity index (χ3v) is 6.94. The van der Waals surface area contributed by atoms with Crippen LogP contribution in [0.2, 0.25) is 0 Å². The Morgan fingerprint density at radius 1 is 1.22 bits per heavy atom. The smallest absolute Gasteiger partial charge is 0.417 e. The largest absolute Gasteiger partial charge is 0.494 e. The van der Waals surface area contributed by atoms with Gasteiger partial charge in [-0.25, -0.2) is 0 Å². The Labute approximate surface area is 203 Å². The molecule has 0 saturated carbocycles. The van der Waals surface area contributed by atoms with E-state index in [1.54, 1.807) is 38.4 Å². The number of ether oxygens (including phenoxy) is 2. The van der Waals surface area contributed by atoms with Crippen LogP contribution in [0.5, 0.6) is 11.8 Å². The molecule has 2 N–H and O–H groups in total. The fraction of sp³-hybridized carbons (Fsp3) is 0.320. The summed E-state index contributed by atoms with van der Waals surface area (Å²) in [7, 11) is 0. The van der Waals surface area contributed by atoms with Crippen LogP contribution in [0, 0.1) is 17.2 Å². The predicted molar refractivity (Wildman–Crippen MR) is 117 cm³/mol. The molecule has 5 rings (SSSR count). The SMILES string of the molecule is C[C@]12C[C@@H](C(=O)OCc3ccncc3)[C@](C)(O1)c1c2c(O)n(-c2ccc(C#N)c(C(F)(F)F)c2)c1O. The monoisotopic (exact) mass is 499 g/mol. The molecule has 0 amide bonds. The van der Waals surface area contributed by atoms with E-state index in [1.165, 1.54) is 12.1 Å². The minimum absolute atomic E-state index is 0.00120. The van der Waals surface area contributed by atoms with Crippen molar-refractivity contribution in [1.29, 1.82) is 5.26 Å². The number of carbonyl (C=O) groups excluding carboxylic acids is 1. The van der Waals surface area contributed by atoms with Gasteiger partial charge in [-0.3, -0.25) is 14.3 Å². The van der Waals surface area contributed by atoms with Crippen LogP contribution in [0.15, 0.2) is 42.7 Å². The van der Waals surface area contributed by atoms with Crippen LogP contribution >= 0.6 is 0 Å². The minimum Gasteiger partial charge on any atom is -0.494 e. The van der Waals surface area contributed by atoms with Crippen LogP contribution in [0.1, 0.15) is 48.1 Å². The van der Waals surface area contributed by atoms with Gasteiger partial charge < -0.3 is 19.7 Å². The molecule has 0 radical (unpaired) electrons. The lowest BCUT2D eigenvalue weighted by Crippen LogP contribution is -2.35. The number of carbonyl (C=O) groups is 1. The fourth-order valence-electron chi connectivity index (χ4n) is 5.35. The number of nitrogens with zero attached hydrogens (tertiary/aromatic N) is 3. The summed E-state index contributed by atoms with van der Waals surface area (Å²) in [5.74, 6) is -2.48. The molecule has 3 atom stereocenters. The number of pyridine rings is 1. The molecule has 2 aromatic heterocycles. The van der Waals surface area contributed by atoms with E-state index in [1.807, 2.05) is 0 Å². The van der Waals surface area contributed by atoms with Crippen LogP contribution in [0.3, 0.4) is 0 Å². The lowest BCUT2D eigenvalue weighted by atomic mass is 9.72. The van der Waals surface area contributed by atoms with E-state index in [9.17, 15) is 28.2 Å². The molecule has 0 spiro atoms. The van der Waals surface area contributed by atoms with Crippen molar-refractivity contribution in [2.24, 2.45) is 5.92 Å². The van der Waals surface area contributed by atoms with Gasteiger partial charge in [0.05, 0.1) is 45.5 Å². The van der Waals surface area contributed by atoms with Crippen LogP contribution < -0.4 is 0 Å². The van der Waals surface area contributed by atoms with Crippen molar-refractivity contribution in [3.63, 3.8) is 0 Å². The molecule has 0 unspecified atom stereocenters. The van der Waals surface area contributed by atoms with E-state index < -0.39 is 52.2 Å². The first-order valence-corrected chi connectivity index (χ1v) is 11.0. The summed E-state index contributed by atoms with van der Waals surface area (Å²) in [5.41, 5.74) is -3.56. The van der Waals surface area contributed by atoms with Crippen molar-refractivity contribution in [3.05, 3.63) is 70.5 Å². The van der Waals surface area contributed by atoms with E-state index in [-0.39, 0.29) is 29.8 Å². The molecule has 8 nitrogen and oxygen atoms in total. The summed E-state index contributed by atoms with van der Waals surface area (Å²) in [4.78, 5) is 16.9. The fourth-order valence-corrected chi connectivity index (χ4v) is 5.35. The Morgan fingerprint density at radius 3 is 2.53 bits per heavy atom. The molecular weight excluding hydrogens is 479 g/mol. The Balaban J connectivity index is 1.55. The van der Waals surface area contributed by atoms with Gasteiger partial charge in [0.1, 0.15) is 12.2 Å². The second-order valence-corrected chi connectivity index (χ2v) is 9.23. The maximum Gasteiger partial charge on any atom is 0.417 e. The third-order valence-electron chi connectivity index (χ3n) is 6.94. The highest BCUT2D eigenvalue weighted by Gasteiger charge is 2.66. The van der Waals surface area contributed by atoms with Crippen molar-refractivity contribution in [2.45, 2.75) is 44.3 Å². The van der Waals surface area contributed by atoms with Gasteiger partial charge in [0, 0.05) is 12.4 Å². The zero-order chi connectivity index (χ0) is 26.0. The molecule has 2 bridgehead atoms. The summed E-state index contributed by atoms with van der Waals surface area (Å²) in [6.45, 7) is 3.21. The average Bonchev–Trinajstić information content (AvgIpc) is 3.37. The second kappa shape index (κ2) is 7.73. The second-order valence-electron chi connectivity index (χ2n) is 9.23. The standard InChI is InChI=1S/C25H20F3N3O5/c1-23-10-17(22(34)35-12-13-5-7-30-8-6-13)24(2,36-23)19-18(23)20(32)31(21(19)33)15-4-3-14(11-29)16(9-15)25(26,27)28/h3-9,17,32-33H,10,12H2,1-2H3/t17-,23+,24-/m0/s1. The van der Waals surface area contributed by atoms with Crippen LogP contribution in [-0.2, 0) is 38.3 Å². The molecule has 1 saturated heterocycles. The minimum atomic E-state index is -4.83. The number of hydrogen-bond acceptors (Lipinski definition) is 7. The van der Waals surface area contributed by atoms with Crippen LogP contribution in [0.4, 0.5) is 13.2 Å². The van der Waals surface area contributed by atoms with Crippen molar-refractivity contribution in [3.8, 4) is 23.5 Å². The molecule has 36 heavy (non-hydrogen) atoms.